The van der Waals surface area contributed by atoms with Gasteiger partial charge in [-0.1, -0.05) is 26.7 Å². The van der Waals surface area contributed by atoms with Crippen LogP contribution in [0.3, 0.4) is 0 Å². The minimum atomic E-state index is 0.0379. The summed E-state index contributed by atoms with van der Waals surface area (Å²) in [6, 6.07) is 1.89. The second-order valence-electron chi connectivity index (χ2n) is 4.71. The van der Waals surface area contributed by atoms with Gasteiger partial charge in [0.25, 0.3) is 0 Å². The van der Waals surface area contributed by atoms with Crippen molar-refractivity contribution >= 4 is 11.9 Å². The molecule has 1 atom stereocenters. The van der Waals surface area contributed by atoms with Crippen LogP contribution in [-0.2, 0) is 4.79 Å². The molecule has 0 saturated heterocycles. The SMILES string of the molecule is CCCC[C@H](CC)C(=O)Nc1nc(C)cc(C)n1. The number of nitrogens with one attached hydrogen (secondary N) is 1. The van der Waals surface area contributed by atoms with Gasteiger partial charge in [0.2, 0.25) is 11.9 Å². The number of hydrogen-bond donors (Lipinski definition) is 1. The van der Waals surface area contributed by atoms with Crippen LogP contribution in [0.25, 0.3) is 0 Å². The van der Waals surface area contributed by atoms with E-state index in [1.807, 2.05) is 26.8 Å². The van der Waals surface area contributed by atoms with Gasteiger partial charge in [0.15, 0.2) is 0 Å². The summed E-state index contributed by atoms with van der Waals surface area (Å²) in [7, 11) is 0. The lowest BCUT2D eigenvalue weighted by Crippen LogP contribution is -2.23. The molecule has 0 unspecified atom stereocenters. The van der Waals surface area contributed by atoms with E-state index < -0.39 is 0 Å². The molecule has 1 aromatic rings. The number of nitrogens with zero attached hydrogens (tertiary/aromatic N) is 2. The molecule has 0 aromatic carbocycles. The lowest BCUT2D eigenvalue weighted by molar-refractivity contribution is -0.120. The first-order chi connectivity index (χ1) is 8.56. The van der Waals surface area contributed by atoms with Crippen LogP contribution in [-0.4, -0.2) is 15.9 Å². The van der Waals surface area contributed by atoms with Crippen LogP contribution in [0.4, 0.5) is 5.95 Å². The van der Waals surface area contributed by atoms with Crippen molar-refractivity contribution in [2.45, 2.75) is 53.4 Å². The summed E-state index contributed by atoms with van der Waals surface area (Å²) in [4.78, 5) is 20.5. The van der Waals surface area contributed by atoms with Crippen molar-refractivity contribution in [2.24, 2.45) is 5.92 Å². The Labute approximate surface area is 109 Å². The lowest BCUT2D eigenvalue weighted by Gasteiger charge is -2.14. The third-order valence-electron chi connectivity index (χ3n) is 2.99. The summed E-state index contributed by atoms with van der Waals surface area (Å²) >= 11 is 0. The first-order valence-electron chi connectivity index (χ1n) is 6.70. The van der Waals surface area contributed by atoms with Crippen molar-refractivity contribution in [1.29, 1.82) is 0 Å². The maximum Gasteiger partial charge on any atom is 0.229 e. The molecule has 0 spiro atoms. The Kier molecular flexibility index (Phi) is 5.75. The van der Waals surface area contributed by atoms with Crippen molar-refractivity contribution in [3.8, 4) is 0 Å². The highest BCUT2D eigenvalue weighted by Crippen LogP contribution is 2.15. The van der Waals surface area contributed by atoms with Gasteiger partial charge in [-0.2, -0.15) is 0 Å². The molecule has 0 radical (unpaired) electrons. The summed E-state index contributed by atoms with van der Waals surface area (Å²) in [6.07, 6.45) is 3.99. The van der Waals surface area contributed by atoms with Crippen LogP contribution in [0.15, 0.2) is 6.07 Å². The topological polar surface area (TPSA) is 54.9 Å². The Bertz CT molecular complexity index is 384. The lowest BCUT2D eigenvalue weighted by atomic mass is 9.98. The Morgan fingerprint density at radius 2 is 1.89 bits per heavy atom. The summed E-state index contributed by atoms with van der Waals surface area (Å²) in [5.74, 6) is 0.526. The van der Waals surface area contributed by atoms with E-state index in [4.69, 9.17) is 0 Å². The van der Waals surface area contributed by atoms with Crippen LogP contribution in [0.5, 0.6) is 0 Å². The summed E-state index contributed by atoms with van der Waals surface area (Å²) in [5.41, 5.74) is 1.75. The normalized spacial score (nSPS) is 12.2. The van der Waals surface area contributed by atoms with Crippen molar-refractivity contribution in [3.63, 3.8) is 0 Å². The van der Waals surface area contributed by atoms with E-state index in [2.05, 4.69) is 22.2 Å². The fourth-order valence-corrected chi connectivity index (χ4v) is 1.97. The zero-order valence-corrected chi connectivity index (χ0v) is 11.8. The summed E-state index contributed by atoms with van der Waals surface area (Å²) < 4.78 is 0. The highest BCUT2D eigenvalue weighted by molar-refractivity contribution is 5.90. The fourth-order valence-electron chi connectivity index (χ4n) is 1.97. The number of hydrogen-bond acceptors (Lipinski definition) is 3. The van der Waals surface area contributed by atoms with E-state index >= 15 is 0 Å². The molecule has 1 heterocycles. The van der Waals surface area contributed by atoms with Crippen molar-refractivity contribution in [1.82, 2.24) is 9.97 Å². The van der Waals surface area contributed by atoms with E-state index in [0.717, 1.165) is 37.1 Å². The zero-order chi connectivity index (χ0) is 13.5. The molecule has 4 heteroatoms. The fraction of sp³-hybridized carbons (Fsp3) is 0.643. The van der Waals surface area contributed by atoms with Crippen LogP contribution in [0, 0.1) is 19.8 Å². The molecule has 0 fully saturated rings. The van der Waals surface area contributed by atoms with Gasteiger partial charge in [-0.05, 0) is 32.8 Å². The number of unbranched alkanes of at least 4 members (excludes halogenated alkanes) is 1. The minimum absolute atomic E-state index is 0.0379. The molecular formula is C14H23N3O. The van der Waals surface area contributed by atoms with Gasteiger partial charge < -0.3 is 0 Å². The number of anilines is 1. The predicted octanol–water partition coefficient (Wildman–Crippen LogP) is 3.25. The third kappa shape index (κ3) is 4.43. The van der Waals surface area contributed by atoms with E-state index in [1.54, 1.807) is 0 Å². The quantitative estimate of drug-likeness (QED) is 0.842. The second-order valence-corrected chi connectivity index (χ2v) is 4.71. The molecular weight excluding hydrogens is 226 g/mol. The zero-order valence-electron chi connectivity index (χ0n) is 11.8. The van der Waals surface area contributed by atoms with E-state index in [1.165, 1.54) is 0 Å². The molecule has 1 amide bonds. The average Bonchev–Trinajstić information content (AvgIpc) is 2.28. The molecule has 1 rings (SSSR count). The Morgan fingerprint density at radius 1 is 1.28 bits per heavy atom. The van der Waals surface area contributed by atoms with Gasteiger partial charge in [0, 0.05) is 17.3 Å². The summed E-state index contributed by atoms with van der Waals surface area (Å²) in [5, 5.41) is 2.82. The number of aryl methyl sites for hydroxylation is 2. The first-order valence-corrected chi connectivity index (χ1v) is 6.70. The van der Waals surface area contributed by atoms with Crippen LogP contribution in [0.2, 0.25) is 0 Å². The Balaban J connectivity index is 2.67. The van der Waals surface area contributed by atoms with Gasteiger partial charge >= 0.3 is 0 Å². The maximum absolute atomic E-state index is 12.1. The number of rotatable bonds is 6. The molecule has 0 aliphatic heterocycles. The minimum Gasteiger partial charge on any atom is -0.294 e. The molecule has 4 nitrogen and oxygen atoms in total. The standard InChI is InChI=1S/C14H23N3O/c1-5-7-8-12(6-2)13(18)17-14-15-10(3)9-11(4)16-14/h9,12H,5-8H2,1-4H3,(H,15,16,17,18)/t12-/m0/s1. The monoisotopic (exact) mass is 249 g/mol. The summed E-state index contributed by atoms with van der Waals surface area (Å²) in [6.45, 7) is 7.98. The van der Waals surface area contributed by atoms with Gasteiger partial charge in [-0.3, -0.25) is 10.1 Å². The molecule has 100 valence electrons. The Morgan fingerprint density at radius 3 is 2.39 bits per heavy atom. The van der Waals surface area contributed by atoms with E-state index in [-0.39, 0.29) is 11.8 Å². The van der Waals surface area contributed by atoms with Crippen molar-refractivity contribution in [2.75, 3.05) is 5.32 Å². The van der Waals surface area contributed by atoms with Gasteiger partial charge in [0.05, 0.1) is 0 Å². The Hall–Kier alpha value is -1.45. The average molecular weight is 249 g/mol. The highest BCUT2D eigenvalue weighted by Gasteiger charge is 2.16. The van der Waals surface area contributed by atoms with Crippen molar-refractivity contribution < 1.29 is 4.79 Å². The molecule has 1 N–H and O–H groups in total. The smallest absolute Gasteiger partial charge is 0.229 e. The molecule has 0 bridgehead atoms. The van der Waals surface area contributed by atoms with Gasteiger partial charge in [-0.25, -0.2) is 9.97 Å². The van der Waals surface area contributed by atoms with Crippen LogP contribution >= 0.6 is 0 Å². The number of amides is 1. The molecule has 0 aliphatic rings. The highest BCUT2D eigenvalue weighted by atomic mass is 16.2. The van der Waals surface area contributed by atoms with Gasteiger partial charge in [0.1, 0.15) is 0 Å². The molecule has 0 saturated carbocycles. The van der Waals surface area contributed by atoms with Crippen molar-refractivity contribution in [3.05, 3.63) is 17.5 Å². The number of aromatic nitrogens is 2. The number of carbonyl (C=O) groups excluding carboxylic acids is 1. The molecule has 0 aliphatic carbocycles. The second kappa shape index (κ2) is 7.09. The maximum atomic E-state index is 12.1. The van der Waals surface area contributed by atoms with E-state index in [9.17, 15) is 4.79 Å². The third-order valence-corrected chi connectivity index (χ3v) is 2.99. The van der Waals surface area contributed by atoms with E-state index in [0.29, 0.717) is 5.95 Å². The first kappa shape index (κ1) is 14.6. The number of carbonyl (C=O) groups is 1. The molecule has 18 heavy (non-hydrogen) atoms. The predicted molar refractivity (Wildman–Crippen MR) is 73.4 cm³/mol. The molecule has 1 aromatic heterocycles. The van der Waals surface area contributed by atoms with Gasteiger partial charge in [-0.15, -0.1) is 0 Å². The van der Waals surface area contributed by atoms with Crippen LogP contribution < -0.4 is 5.32 Å². The van der Waals surface area contributed by atoms with Crippen LogP contribution in [0.1, 0.15) is 50.9 Å². The largest absolute Gasteiger partial charge is 0.294 e.